The minimum Gasteiger partial charge on any atom is -0.497 e. The number of hydrogen-bond acceptors (Lipinski definition) is 10. The molecule has 0 radical (unpaired) electrons. The fourth-order valence-corrected chi connectivity index (χ4v) is 4.21. The number of methoxy groups -OCH3 is 1. The Bertz CT molecular complexity index is 1270. The number of nitrogens with one attached hydrogen (secondary N) is 1. The van der Waals surface area contributed by atoms with Crippen molar-refractivity contribution in [1.29, 1.82) is 0 Å². The van der Waals surface area contributed by atoms with Crippen LogP contribution < -0.4 is 10.1 Å². The van der Waals surface area contributed by atoms with Crippen molar-refractivity contribution in [2.75, 3.05) is 19.0 Å². The van der Waals surface area contributed by atoms with Gasteiger partial charge >= 0.3 is 18.3 Å². The second-order valence-corrected chi connectivity index (χ2v) is 11.7. The van der Waals surface area contributed by atoms with Crippen LogP contribution in [0.2, 0.25) is 0 Å². The van der Waals surface area contributed by atoms with Crippen molar-refractivity contribution < 1.29 is 43.0 Å². The van der Waals surface area contributed by atoms with Crippen molar-refractivity contribution in [3.63, 3.8) is 0 Å². The van der Waals surface area contributed by atoms with Gasteiger partial charge in [0.1, 0.15) is 17.0 Å². The van der Waals surface area contributed by atoms with Crippen LogP contribution in [-0.4, -0.2) is 71.3 Å². The van der Waals surface area contributed by atoms with Crippen molar-refractivity contribution >= 4 is 29.7 Å². The van der Waals surface area contributed by atoms with E-state index in [1.54, 1.807) is 60.8 Å². The number of nitro benzene ring substituents is 1. The van der Waals surface area contributed by atoms with Gasteiger partial charge in [0.2, 0.25) is 0 Å². The van der Waals surface area contributed by atoms with Crippen molar-refractivity contribution in [2.24, 2.45) is 0 Å². The molecule has 0 saturated carbocycles. The van der Waals surface area contributed by atoms with Crippen LogP contribution in [0, 0.1) is 10.1 Å². The number of carbonyl (C=O) groups is 3. The summed E-state index contributed by atoms with van der Waals surface area (Å²) in [6.07, 6.45) is -4.61. The first-order valence-electron chi connectivity index (χ1n) is 13.3. The van der Waals surface area contributed by atoms with Crippen LogP contribution in [-0.2, 0) is 25.4 Å². The zero-order valence-electron chi connectivity index (χ0n) is 24.7. The highest BCUT2D eigenvalue weighted by Crippen LogP contribution is 2.30. The average Bonchev–Trinajstić information content (AvgIpc) is 3.18. The van der Waals surface area contributed by atoms with Gasteiger partial charge in [0.25, 0.3) is 5.69 Å². The fraction of sp³-hybridized carbons (Fsp3) is 0.483. The average molecular weight is 588 g/mol. The number of rotatable bonds is 7. The number of hydrogen-bond donors (Lipinski definition) is 1. The maximum absolute atomic E-state index is 13.3. The van der Waals surface area contributed by atoms with Crippen LogP contribution in [0.1, 0.15) is 47.1 Å². The van der Waals surface area contributed by atoms with Crippen LogP contribution in [0.15, 0.2) is 48.5 Å². The van der Waals surface area contributed by atoms with E-state index in [0.717, 1.165) is 5.56 Å². The summed E-state index contributed by atoms with van der Waals surface area (Å²) in [6, 6.07) is 11.5. The van der Waals surface area contributed by atoms with Gasteiger partial charge in [-0.3, -0.25) is 20.3 Å². The minimum atomic E-state index is -1.13. The van der Waals surface area contributed by atoms with Gasteiger partial charge in [0.05, 0.1) is 24.6 Å². The van der Waals surface area contributed by atoms with Gasteiger partial charge in [-0.05, 0) is 77.8 Å². The Hall–Kier alpha value is -4.55. The first-order chi connectivity index (χ1) is 19.5. The van der Waals surface area contributed by atoms with Crippen LogP contribution in [0.5, 0.6) is 5.75 Å². The summed E-state index contributed by atoms with van der Waals surface area (Å²) in [5, 5.41) is 13.5. The van der Waals surface area contributed by atoms with E-state index in [1.165, 1.54) is 29.2 Å². The van der Waals surface area contributed by atoms with Crippen molar-refractivity contribution in [1.82, 2.24) is 4.90 Å². The number of carbonyl (C=O) groups excluding carboxylic acids is 3. The molecule has 2 amide bonds. The van der Waals surface area contributed by atoms with Crippen LogP contribution in [0.3, 0.4) is 0 Å². The molecule has 1 heterocycles. The van der Waals surface area contributed by atoms with Crippen LogP contribution >= 0.6 is 0 Å². The molecule has 1 saturated heterocycles. The molecule has 3 rings (SSSR count). The highest BCUT2D eigenvalue weighted by molar-refractivity contribution is 5.85. The molecule has 1 aliphatic rings. The molecular weight excluding hydrogens is 550 g/mol. The second kappa shape index (κ2) is 13.0. The largest absolute Gasteiger partial charge is 0.509 e. The Labute approximate surface area is 244 Å². The highest BCUT2D eigenvalue weighted by atomic mass is 16.7. The number of nitrogens with zero attached hydrogens (tertiary/aromatic N) is 2. The first-order valence-corrected chi connectivity index (χ1v) is 13.3. The summed E-state index contributed by atoms with van der Waals surface area (Å²) in [6.45, 7) is 10.1. The number of benzene rings is 2. The highest BCUT2D eigenvalue weighted by Gasteiger charge is 2.50. The molecule has 0 spiro atoms. The van der Waals surface area contributed by atoms with Crippen LogP contribution in [0.25, 0.3) is 0 Å². The maximum Gasteiger partial charge on any atom is 0.509 e. The standard InChI is InChI=1S/C29H37N3O10/c1-28(2,3)41-26(34)31-17-23(39-27(35)42-29(4,5)6)24(22(31)16-18-8-14-21(38-7)15-9-18)40-25(33)30-19-10-12-20(13-11-19)32(36)37/h8-15,22-24H,16-17H2,1-7H3,(H,30,33)/t22-,23+,24+/m1/s1. The van der Waals surface area contributed by atoms with Gasteiger partial charge in [-0.1, -0.05) is 12.1 Å². The number of non-ortho nitro benzene ring substituents is 1. The molecule has 0 unspecified atom stereocenters. The van der Waals surface area contributed by atoms with E-state index in [9.17, 15) is 24.5 Å². The van der Waals surface area contributed by atoms with E-state index in [1.807, 2.05) is 12.1 Å². The van der Waals surface area contributed by atoms with Crippen LogP contribution in [0.4, 0.5) is 25.8 Å². The van der Waals surface area contributed by atoms with Gasteiger partial charge in [-0.2, -0.15) is 0 Å². The third kappa shape index (κ3) is 9.25. The molecule has 3 atom stereocenters. The van der Waals surface area contributed by atoms with E-state index < -0.39 is 52.7 Å². The molecule has 0 aliphatic carbocycles. The lowest BCUT2D eigenvalue weighted by Crippen LogP contribution is -2.45. The Morgan fingerprint density at radius 2 is 1.52 bits per heavy atom. The zero-order chi connectivity index (χ0) is 31.2. The number of anilines is 1. The predicted octanol–water partition coefficient (Wildman–Crippen LogP) is 5.70. The van der Waals surface area contributed by atoms with Crippen molar-refractivity contribution in [3.05, 3.63) is 64.2 Å². The molecule has 1 aliphatic heterocycles. The van der Waals surface area contributed by atoms with Crippen molar-refractivity contribution in [2.45, 2.75) is 77.4 Å². The van der Waals surface area contributed by atoms with Gasteiger partial charge < -0.3 is 23.7 Å². The summed E-state index contributed by atoms with van der Waals surface area (Å²) in [5.41, 5.74) is -0.800. The Morgan fingerprint density at radius 3 is 2.05 bits per heavy atom. The molecule has 1 fully saturated rings. The van der Waals surface area contributed by atoms with Gasteiger partial charge in [0, 0.05) is 17.8 Å². The normalized spacial score (nSPS) is 18.5. The molecule has 2 aromatic rings. The lowest BCUT2D eigenvalue weighted by atomic mass is 10.0. The molecule has 1 N–H and O–H groups in total. The quantitative estimate of drug-likeness (QED) is 0.184. The molecule has 13 nitrogen and oxygen atoms in total. The number of nitro groups is 1. The smallest absolute Gasteiger partial charge is 0.497 e. The number of likely N-dealkylation sites (tertiary alicyclic amines) is 1. The van der Waals surface area contributed by atoms with Gasteiger partial charge in [-0.25, -0.2) is 14.4 Å². The van der Waals surface area contributed by atoms with E-state index in [0.29, 0.717) is 5.75 Å². The molecule has 42 heavy (non-hydrogen) atoms. The lowest BCUT2D eigenvalue weighted by Gasteiger charge is -2.30. The molecule has 228 valence electrons. The third-order valence-electron chi connectivity index (χ3n) is 5.96. The molecule has 0 aromatic heterocycles. The van der Waals surface area contributed by atoms with E-state index >= 15 is 0 Å². The summed E-state index contributed by atoms with van der Waals surface area (Å²) in [7, 11) is 1.54. The van der Waals surface area contributed by atoms with Crippen molar-refractivity contribution in [3.8, 4) is 5.75 Å². The summed E-state index contributed by atoms with van der Waals surface area (Å²) in [5.74, 6) is 0.635. The summed E-state index contributed by atoms with van der Waals surface area (Å²) >= 11 is 0. The predicted molar refractivity (Wildman–Crippen MR) is 152 cm³/mol. The van der Waals surface area contributed by atoms with E-state index in [2.05, 4.69) is 5.32 Å². The Kier molecular flexibility index (Phi) is 9.87. The third-order valence-corrected chi connectivity index (χ3v) is 5.96. The number of ether oxygens (including phenoxy) is 5. The second-order valence-electron chi connectivity index (χ2n) is 11.7. The Balaban J connectivity index is 1.93. The van der Waals surface area contributed by atoms with Gasteiger partial charge in [-0.15, -0.1) is 0 Å². The molecule has 2 aromatic carbocycles. The fourth-order valence-electron chi connectivity index (χ4n) is 4.21. The van der Waals surface area contributed by atoms with E-state index in [-0.39, 0.29) is 24.3 Å². The Morgan fingerprint density at radius 1 is 0.929 bits per heavy atom. The topological polar surface area (TPSA) is 156 Å². The maximum atomic E-state index is 13.3. The van der Waals surface area contributed by atoms with Gasteiger partial charge in [0.15, 0.2) is 12.2 Å². The lowest BCUT2D eigenvalue weighted by molar-refractivity contribution is -0.384. The van der Waals surface area contributed by atoms with E-state index in [4.69, 9.17) is 23.7 Å². The number of amides is 2. The SMILES string of the molecule is COc1ccc(C[C@@H]2[C@H](OC(=O)Nc3ccc([N+](=O)[O-])cc3)[C@@H](OC(=O)OC(C)(C)C)CN2C(=O)OC(C)(C)C)cc1. The zero-order valence-corrected chi connectivity index (χ0v) is 24.7. The molecule has 0 bridgehead atoms. The minimum absolute atomic E-state index is 0.134. The monoisotopic (exact) mass is 587 g/mol. The first kappa shape index (κ1) is 32.0. The molecule has 13 heteroatoms. The molecular formula is C29H37N3O10. The summed E-state index contributed by atoms with van der Waals surface area (Å²) < 4.78 is 27.6. The summed E-state index contributed by atoms with van der Waals surface area (Å²) in [4.78, 5) is 50.8.